The molecule has 0 amide bonds. The van der Waals surface area contributed by atoms with Crippen molar-refractivity contribution >= 4 is 22.9 Å². The highest BCUT2D eigenvalue weighted by atomic mass is 35.5. The lowest BCUT2D eigenvalue weighted by atomic mass is 9.96. The molecule has 0 bridgehead atoms. The van der Waals surface area contributed by atoms with Crippen LogP contribution >= 0.6 is 22.9 Å². The van der Waals surface area contributed by atoms with E-state index in [2.05, 4.69) is 0 Å². The fourth-order valence-corrected chi connectivity index (χ4v) is 3.23. The Kier molecular flexibility index (Phi) is 3.87. The van der Waals surface area contributed by atoms with Gasteiger partial charge < -0.3 is 5.11 Å². The second kappa shape index (κ2) is 5.21. The summed E-state index contributed by atoms with van der Waals surface area (Å²) in [6.45, 7) is 4.07. The average Bonchev–Trinajstić information content (AvgIpc) is 2.63. The highest BCUT2D eigenvalue weighted by Gasteiger charge is 2.14. The molecule has 0 saturated heterocycles. The summed E-state index contributed by atoms with van der Waals surface area (Å²) in [5.41, 5.74) is 3.32. The first-order valence-corrected chi connectivity index (χ1v) is 6.76. The van der Waals surface area contributed by atoms with Crippen molar-refractivity contribution in [2.45, 2.75) is 26.4 Å². The average molecular weight is 267 g/mol. The molecular weight excluding hydrogens is 252 g/mol. The fourth-order valence-electron chi connectivity index (χ4n) is 2.11. The van der Waals surface area contributed by atoms with Crippen LogP contribution in [0.4, 0.5) is 0 Å². The van der Waals surface area contributed by atoms with E-state index in [-0.39, 0.29) is 0 Å². The smallest absolute Gasteiger partial charge is 0.0931 e. The van der Waals surface area contributed by atoms with Crippen LogP contribution in [0, 0.1) is 13.8 Å². The van der Waals surface area contributed by atoms with Gasteiger partial charge in [0.15, 0.2) is 0 Å². The molecule has 90 valence electrons. The molecule has 3 heteroatoms. The lowest BCUT2D eigenvalue weighted by Gasteiger charge is -2.15. The summed E-state index contributed by atoms with van der Waals surface area (Å²) < 4.78 is 0.772. The Labute approximate surface area is 111 Å². The van der Waals surface area contributed by atoms with Crippen molar-refractivity contribution in [3.8, 4) is 0 Å². The van der Waals surface area contributed by atoms with Crippen LogP contribution in [-0.2, 0) is 6.42 Å². The summed E-state index contributed by atoms with van der Waals surface area (Å²) in [7, 11) is 0. The zero-order chi connectivity index (χ0) is 12.4. The van der Waals surface area contributed by atoms with Crippen LogP contribution in [0.3, 0.4) is 0 Å². The van der Waals surface area contributed by atoms with Crippen molar-refractivity contribution in [3.63, 3.8) is 0 Å². The number of rotatable bonds is 3. The van der Waals surface area contributed by atoms with Gasteiger partial charge in [-0.3, -0.25) is 0 Å². The molecule has 2 rings (SSSR count). The maximum absolute atomic E-state index is 10.3. The Morgan fingerprint density at radius 2 is 1.82 bits per heavy atom. The predicted molar refractivity (Wildman–Crippen MR) is 73.9 cm³/mol. The molecule has 1 atom stereocenters. The zero-order valence-electron chi connectivity index (χ0n) is 9.90. The van der Waals surface area contributed by atoms with Gasteiger partial charge in [0.25, 0.3) is 0 Å². The van der Waals surface area contributed by atoms with Crippen LogP contribution in [0.25, 0.3) is 0 Å². The summed E-state index contributed by atoms with van der Waals surface area (Å²) in [6.07, 6.45) is 0.175. The largest absolute Gasteiger partial charge is 0.388 e. The Hall–Kier alpha value is -0.830. The maximum atomic E-state index is 10.3. The number of aryl methyl sites for hydroxylation is 2. The van der Waals surface area contributed by atoms with Crippen molar-refractivity contribution in [2.24, 2.45) is 0 Å². The predicted octanol–water partition coefficient (Wildman–Crippen LogP) is 4.29. The monoisotopic (exact) mass is 266 g/mol. The summed E-state index contributed by atoms with van der Waals surface area (Å²) >= 11 is 7.42. The quantitative estimate of drug-likeness (QED) is 0.878. The SMILES string of the molecule is Cc1cccc(C)c1C(O)Cc1ccc(Cl)s1. The van der Waals surface area contributed by atoms with Gasteiger partial charge >= 0.3 is 0 Å². The van der Waals surface area contributed by atoms with Crippen LogP contribution in [-0.4, -0.2) is 5.11 Å². The molecule has 0 saturated carbocycles. The van der Waals surface area contributed by atoms with Gasteiger partial charge in [-0.2, -0.15) is 0 Å². The normalized spacial score (nSPS) is 12.7. The lowest BCUT2D eigenvalue weighted by molar-refractivity contribution is 0.178. The van der Waals surface area contributed by atoms with Crippen molar-refractivity contribution in [1.29, 1.82) is 0 Å². The first-order chi connectivity index (χ1) is 8.08. The van der Waals surface area contributed by atoms with E-state index in [9.17, 15) is 5.11 Å². The topological polar surface area (TPSA) is 20.2 Å². The Morgan fingerprint density at radius 3 is 2.35 bits per heavy atom. The molecule has 2 aromatic rings. The molecule has 1 nitrogen and oxygen atoms in total. The highest BCUT2D eigenvalue weighted by molar-refractivity contribution is 7.16. The first kappa shape index (κ1) is 12.6. The molecule has 1 N–H and O–H groups in total. The third-order valence-corrected chi connectivity index (χ3v) is 4.15. The summed E-state index contributed by atoms with van der Waals surface area (Å²) in [5, 5.41) is 10.3. The van der Waals surface area contributed by atoms with Crippen LogP contribution in [0.2, 0.25) is 4.34 Å². The van der Waals surface area contributed by atoms with Crippen LogP contribution in [0.15, 0.2) is 30.3 Å². The van der Waals surface area contributed by atoms with Gasteiger partial charge in [-0.1, -0.05) is 29.8 Å². The van der Waals surface area contributed by atoms with E-state index in [1.165, 1.54) is 11.3 Å². The molecule has 1 aromatic carbocycles. The third-order valence-electron chi connectivity index (χ3n) is 2.90. The number of halogens is 1. The molecule has 1 aromatic heterocycles. The molecule has 0 fully saturated rings. The highest BCUT2D eigenvalue weighted by Crippen LogP contribution is 2.29. The van der Waals surface area contributed by atoms with Crippen molar-refractivity contribution < 1.29 is 5.11 Å². The van der Waals surface area contributed by atoms with E-state index in [0.29, 0.717) is 6.42 Å². The lowest BCUT2D eigenvalue weighted by Crippen LogP contribution is -2.05. The molecule has 1 heterocycles. The van der Waals surface area contributed by atoms with Crippen LogP contribution in [0.1, 0.15) is 27.7 Å². The number of aliphatic hydroxyl groups excluding tert-OH is 1. The van der Waals surface area contributed by atoms with Crippen molar-refractivity contribution in [3.05, 3.63) is 56.2 Å². The minimum Gasteiger partial charge on any atom is -0.388 e. The molecule has 1 unspecified atom stereocenters. The molecule has 17 heavy (non-hydrogen) atoms. The second-order valence-corrected chi connectivity index (χ2v) is 6.03. The number of benzene rings is 1. The van der Waals surface area contributed by atoms with Gasteiger partial charge in [0.2, 0.25) is 0 Å². The Morgan fingerprint density at radius 1 is 1.18 bits per heavy atom. The maximum Gasteiger partial charge on any atom is 0.0931 e. The number of thiophene rings is 1. The van der Waals surface area contributed by atoms with Gasteiger partial charge in [0.05, 0.1) is 10.4 Å². The zero-order valence-corrected chi connectivity index (χ0v) is 11.5. The van der Waals surface area contributed by atoms with Gasteiger partial charge in [-0.25, -0.2) is 0 Å². The molecule has 0 aliphatic heterocycles. The standard InChI is InChI=1S/C14H15ClOS/c1-9-4-3-5-10(2)14(9)12(16)8-11-6-7-13(15)17-11/h3-7,12,16H,8H2,1-2H3. The Bertz CT molecular complexity index is 498. The van der Waals surface area contributed by atoms with E-state index in [4.69, 9.17) is 11.6 Å². The molecule has 0 aliphatic rings. The summed E-state index contributed by atoms with van der Waals surface area (Å²) in [6, 6.07) is 9.94. The molecule has 0 spiro atoms. The molecule has 0 radical (unpaired) electrons. The van der Waals surface area contributed by atoms with E-state index < -0.39 is 6.10 Å². The Balaban J connectivity index is 2.22. The minimum atomic E-state index is -0.453. The van der Waals surface area contributed by atoms with E-state index in [0.717, 1.165) is 25.9 Å². The number of hydrogen-bond acceptors (Lipinski definition) is 2. The van der Waals surface area contributed by atoms with Crippen molar-refractivity contribution in [2.75, 3.05) is 0 Å². The third kappa shape index (κ3) is 2.89. The summed E-state index contributed by atoms with van der Waals surface area (Å²) in [4.78, 5) is 1.12. The van der Waals surface area contributed by atoms with E-state index in [1.807, 2.05) is 44.2 Å². The van der Waals surface area contributed by atoms with Gasteiger partial charge in [0.1, 0.15) is 0 Å². The first-order valence-electron chi connectivity index (χ1n) is 5.56. The van der Waals surface area contributed by atoms with E-state index >= 15 is 0 Å². The minimum absolute atomic E-state index is 0.453. The van der Waals surface area contributed by atoms with Crippen molar-refractivity contribution in [1.82, 2.24) is 0 Å². The second-order valence-electron chi connectivity index (χ2n) is 4.23. The number of aliphatic hydroxyl groups is 1. The summed E-state index contributed by atoms with van der Waals surface area (Å²) in [5.74, 6) is 0. The van der Waals surface area contributed by atoms with Gasteiger partial charge in [0, 0.05) is 11.3 Å². The molecular formula is C14H15ClOS. The van der Waals surface area contributed by atoms with Crippen LogP contribution in [0.5, 0.6) is 0 Å². The molecule has 0 aliphatic carbocycles. The van der Waals surface area contributed by atoms with Gasteiger partial charge in [-0.05, 0) is 42.7 Å². The fraction of sp³-hybridized carbons (Fsp3) is 0.286. The number of hydrogen-bond donors (Lipinski definition) is 1. The van der Waals surface area contributed by atoms with Gasteiger partial charge in [-0.15, -0.1) is 11.3 Å². The van der Waals surface area contributed by atoms with Crippen LogP contribution < -0.4 is 0 Å². The van der Waals surface area contributed by atoms with E-state index in [1.54, 1.807) is 0 Å².